The molecule has 0 aliphatic carbocycles. The topological polar surface area (TPSA) is 29.5 Å². The molecule has 2 bridgehead atoms. The number of rotatable bonds is 10. The van der Waals surface area contributed by atoms with Crippen molar-refractivity contribution in [3.8, 4) is 0 Å². The third-order valence-electron chi connectivity index (χ3n) is 7.32. The van der Waals surface area contributed by atoms with E-state index in [1.54, 1.807) is 0 Å². The minimum atomic E-state index is -2.34. The molecule has 142 valence electrons. The summed E-state index contributed by atoms with van der Waals surface area (Å²) in [6, 6.07) is 0. The first kappa shape index (κ1) is 21.0. The number of fused-ring (bicyclic) bond motifs is 2. The molecule has 2 heterocycles. The van der Waals surface area contributed by atoms with Gasteiger partial charge in [0.15, 0.2) is 0 Å². The van der Waals surface area contributed by atoms with Gasteiger partial charge in [-0.3, -0.25) is 0 Å². The minimum absolute atomic E-state index is 0.0430. The summed E-state index contributed by atoms with van der Waals surface area (Å²) in [5, 5.41) is 10.8. The van der Waals surface area contributed by atoms with Crippen LogP contribution in [0, 0.1) is 5.92 Å². The van der Waals surface area contributed by atoms with E-state index >= 15 is 0 Å². The second-order valence-corrected chi connectivity index (χ2v) is 23.3. The number of ether oxygens (including phenoxy) is 1. The zero-order valence-electron chi connectivity index (χ0n) is 16.9. The molecular formula is C21H42O2Sn. The summed E-state index contributed by atoms with van der Waals surface area (Å²) in [5.41, 5.74) is 0.0430. The van der Waals surface area contributed by atoms with E-state index in [1.165, 1.54) is 58.3 Å². The maximum atomic E-state index is 10.8. The van der Waals surface area contributed by atoms with Gasteiger partial charge in [-0.1, -0.05) is 0 Å². The molecule has 2 nitrogen and oxygen atoms in total. The normalized spacial score (nSPS) is 36.2. The summed E-state index contributed by atoms with van der Waals surface area (Å²) >= 11 is -2.34. The molecule has 0 radical (unpaired) electrons. The van der Waals surface area contributed by atoms with Crippen molar-refractivity contribution in [2.24, 2.45) is 5.92 Å². The van der Waals surface area contributed by atoms with Gasteiger partial charge < -0.3 is 0 Å². The van der Waals surface area contributed by atoms with Crippen LogP contribution in [-0.4, -0.2) is 41.3 Å². The Morgan fingerprint density at radius 2 is 1.50 bits per heavy atom. The molecule has 0 spiro atoms. The monoisotopic (exact) mass is 446 g/mol. The summed E-state index contributed by atoms with van der Waals surface area (Å²) in [6.07, 6.45) is 10.4. The number of hydrogen-bond donors (Lipinski definition) is 1. The van der Waals surface area contributed by atoms with Gasteiger partial charge in [-0.05, 0) is 0 Å². The third kappa shape index (κ3) is 4.34. The SMILES string of the molecule is CCC[CH2][Sn]([CH2]CCC)([CH2]CCC)[CH]1CC2(C)OC1C(O)CC2C. The number of aliphatic hydroxyl groups excluding tert-OH is 1. The summed E-state index contributed by atoms with van der Waals surface area (Å²) in [6.45, 7) is 11.7. The molecule has 0 saturated carbocycles. The average Bonchev–Trinajstić information content (AvgIpc) is 2.90. The van der Waals surface area contributed by atoms with Crippen LogP contribution in [0.3, 0.4) is 0 Å². The van der Waals surface area contributed by atoms with E-state index in [1.807, 2.05) is 0 Å². The van der Waals surface area contributed by atoms with Crippen LogP contribution in [0.5, 0.6) is 0 Å². The van der Waals surface area contributed by atoms with Crippen LogP contribution >= 0.6 is 0 Å². The quantitative estimate of drug-likeness (QED) is 0.409. The van der Waals surface area contributed by atoms with Crippen LogP contribution < -0.4 is 0 Å². The van der Waals surface area contributed by atoms with Crippen molar-refractivity contribution >= 4 is 18.4 Å². The van der Waals surface area contributed by atoms with E-state index in [-0.39, 0.29) is 17.8 Å². The van der Waals surface area contributed by atoms with Crippen LogP contribution in [0.25, 0.3) is 0 Å². The van der Waals surface area contributed by atoms with Crippen molar-refractivity contribution in [2.45, 2.75) is 121 Å². The van der Waals surface area contributed by atoms with Crippen LogP contribution in [0.4, 0.5) is 0 Å². The molecule has 0 aromatic rings. The average molecular weight is 445 g/mol. The second kappa shape index (κ2) is 9.08. The van der Waals surface area contributed by atoms with Gasteiger partial charge in [-0.2, -0.15) is 0 Å². The van der Waals surface area contributed by atoms with Crippen LogP contribution in [0.2, 0.25) is 17.2 Å². The van der Waals surface area contributed by atoms with Gasteiger partial charge in [-0.25, -0.2) is 0 Å². The zero-order valence-corrected chi connectivity index (χ0v) is 19.8. The van der Waals surface area contributed by atoms with E-state index in [0.29, 0.717) is 5.92 Å². The summed E-state index contributed by atoms with van der Waals surface area (Å²) in [4.78, 5) is 0. The molecule has 2 aliphatic heterocycles. The third-order valence-corrected chi connectivity index (χ3v) is 24.9. The molecule has 3 heteroatoms. The predicted octanol–water partition coefficient (Wildman–Crippen LogP) is 6.15. The van der Waals surface area contributed by atoms with Gasteiger partial charge in [0.2, 0.25) is 0 Å². The van der Waals surface area contributed by atoms with Crippen molar-refractivity contribution in [3.05, 3.63) is 0 Å². The van der Waals surface area contributed by atoms with Gasteiger partial charge in [0.1, 0.15) is 0 Å². The van der Waals surface area contributed by atoms with E-state index in [2.05, 4.69) is 34.6 Å². The van der Waals surface area contributed by atoms with Crippen molar-refractivity contribution in [1.82, 2.24) is 0 Å². The summed E-state index contributed by atoms with van der Waals surface area (Å²) in [7, 11) is 0. The first-order valence-corrected chi connectivity index (χ1v) is 18.5. The fourth-order valence-electron chi connectivity index (χ4n) is 5.49. The Labute approximate surface area is 155 Å². The van der Waals surface area contributed by atoms with E-state index in [4.69, 9.17) is 4.74 Å². The van der Waals surface area contributed by atoms with Gasteiger partial charge in [0.25, 0.3) is 0 Å². The molecule has 2 rings (SSSR count). The van der Waals surface area contributed by atoms with Gasteiger partial charge in [0, 0.05) is 0 Å². The van der Waals surface area contributed by atoms with Crippen molar-refractivity contribution < 1.29 is 9.84 Å². The van der Waals surface area contributed by atoms with E-state index < -0.39 is 18.4 Å². The number of hydrogen-bond acceptors (Lipinski definition) is 2. The van der Waals surface area contributed by atoms with Gasteiger partial charge in [-0.15, -0.1) is 0 Å². The molecule has 24 heavy (non-hydrogen) atoms. The Hall–Kier alpha value is 0.719. The maximum absolute atomic E-state index is 10.8. The Morgan fingerprint density at radius 1 is 1.00 bits per heavy atom. The van der Waals surface area contributed by atoms with Crippen LogP contribution in [0.15, 0.2) is 0 Å². The fraction of sp³-hybridized carbons (Fsp3) is 1.00. The Bertz CT molecular complexity index is 364. The van der Waals surface area contributed by atoms with Crippen molar-refractivity contribution in [2.75, 3.05) is 0 Å². The van der Waals surface area contributed by atoms with Gasteiger partial charge >= 0.3 is 155 Å². The second-order valence-electron chi connectivity index (χ2n) is 9.08. The first-order chi connectivity index (χ1) is 11.4. The number of unbranched alkanes of at least 4 members (excludes halogenated alkanes) is 3. The Kier molecular flexibility index (Phi) is 7.95. The van der Waals surface area contributed by atoms with Crippen molar-refractivity contribution in [1.29, 1.82) is 0 Å². The molecule has 0 amide bonds. The molecule has 2 saturated heterocycles. The summed E-state index contributed by atoms with van der Waals surface area (Å²) in [5.74, 6) is 0.501. The molecule has 0 aromatic carbocycles. The molecule has 5 unspecified atom stereocenters. The molecule has 2 aliphatic rings. The van der Waals surface area contributed by atoms with E-state index in [9.17, 15) is 5.11 Å². The zero-order chi connectivity index (χ0) is 17.8. The standard InChI is InChI=1S/C9H15O2.3C4H9.Sn/c1-6-5-7(10)8-3-4-9(6,2)11-8;3*1-3-4-2;/h3,6-8,10H,4-5H2,1-2H3;3*1,3-4H2,2H3;. The molecule has 5 atom stereocenters. The van der Waals surface area contributed by atoms with Gasteiger partial charge in [0.05, 0.1) is 0 Å². The molecular weight excluding hydrogens is 403 g/mol. The van der Waals surface area contributed by atoms with E-state index in [0.717, 1.165) is 10.4 Å². The van der Waals surface area contributed by atoms with Crippen LogP contribution in [-0.2, 0) is 4.74 Å². The molecule has 1 N–H and O–H groups in total. The Morgan fingerprint density at radius 3 is 1.96 bits per heavy atom. The molecule has 0 aromatic heterocycles. The first-order valence-electron chi connectivity index (χ1n) is 10.8. The molecule has 2 fully saturated rings. The van der Waals surface area contributed by atoms with Crippen LogP contribution in [0.1, 0.15) is 86.0 Å². The number of aliphatic hydroxyl groups is 1. The van der Waals surface area contributed by atoms with Crippen molar-refractivity contribution in [3.63, 3.8) is 0 Å². The fourth-order valence-corrected chi connectivity index (χ4v) is 25.1. The summed E-state index contributed by atoms with van der Waals surface area (Å²) < 4.78 is 11.9. The Balaban J connectivity index is 2.29. The predicted molar refractivity (Wildman–Crippen MR) is 106 cm³/mol.